The standard InChI is InChI=1S/C16H18ClN3OS/c17-15-6-5-14(22-15)11-16(21)19-12-1-3-13(4-2-12)20-9-7-18-8-10-20/h1-6,18H,7-11H2,(H,19,21). The van der Waals surface area contributed by atoms with Gasteiger partial charge in [-0.15, -0.1) is 11.3 Å². The number of carbonyl (C=O) groups excluding carboxylic acids is 1. The molecule has 1 aliphatic rings. The summed E-state index contributed by atoms with van der Waals surface area (Å²) >= 11 is 7.31. The number of halogens is 1. The zero-order valence-corrected chi connectivity index (χ0v) is 13.7. The van der Waals surface area contributed by atoms with Crippen molar-refractivity contribution in [3.05, 3.63) is 45.6 Å². The summed E-state index contributed by atoms with van der Waals surface area (Å²) in [6.07, 6.45) is 0.358. The molecule has 0 spiro atoms. The number of carbonyl (C=O) groups is 1. The van der Waals surface area contributed by atoms with E-state index in [0.717, 1.165) is 36.7 Å². The van der Waals surface area contributed by atoms with Crippen LogP contribution in [0.15, 0.2) is 36.4 Å². The highest BCUT2D eigenvalue weighted by molar-refractivity contribution is 7.16. The molecule has 1 fully saturated rings. The summed E-state index contributed by atoms with van der Waals surface area (Å²) in [4.78, 5) is 15.3. The van der Waals surface area contributed by atoms with Gasteiger partial charge in [0.15, 0.2) is 0 Å². The number of nitrogens with one attached hydrogen (secondary N) is 2. The Kier molecular flexibility index (Phi) is 4.97. The number of thiophene rings is 1. The molecule has 6 heteroatoms. The van der Waals surface area contributed by atoms with E-state index in [1.807, 2.05) is 24.3 Å². The maximum atomic E-state index is 12.0. The summed E-state index contributed by atoms with van der Waals surface area (Å²) in [5, 5.41) is 6.26. The highest BCUT2D eigenvalue weighted by Crippen LogP contribution is 2.22. The summed E-state index contributed by atoms with van der Waals surface area (Å²) in [5.41, 5.74) is 2.02. The van der Waals surface area contributed by atoms with Crippen LogP contribution < -0.4 is 15.5 Å². The number of hydrogen-bond donors (Lipinski definition) is 2. The van der Waals surface area contributed by atoms with Gasteiger partial charge < -0.3 is 15.5 Å². The molecule has 1 aliphatic heterocycles. The lowest BCUT2D eigenvalue weighted by Gasteiger charge is -2.29. The van der Waals surface area contributed by atoms with Crippen LogP contribution in [0.4, 0.5) is 11.4 Å². The second-order valence-electron chi connectivity index (χ2n) is 5.21. The molecule has 2 aromatic rings. The van der Waals surface area contributed by atoms with E-state index in [1.165, 1.54) is 17.0 Å². The lowest BCUT2D eigenvalue weighted by molar-refractivity contribution is -0.115. The molecule has 1 amide bonds. The maximum Gasteiger partial charge on any atom is 0.229 e. The highest BCUT2D eigenvalue weighted by atomic mass is 35.5. The lowest BCUT2D eigenvalue weighted by Crippen LogP contribution is -2.43. The van der Waals surface area contributed by atoms with Crippen LogP contribution in [0.1, 0.15) is 4.88 Å². The van der Waals surface area contributed by atoms with Crippen molar-refractivity contribution in [3.63, 3.8) is 0 Å². The normalized spacial score (nSPS) is 14.9. The fourth-order valence-corrected chi connectivity index (χ4v) is 3.57. The number of nitrogens with zero attached hydrogens (tertiary/aromatic N) is 1. The molecule has 0 atom stereocenters. The first-order chi connectivity index (χ1) is 10.7. The number of benzene rings is 1. The third-order valence-corrected chi connectivity index (χ3v) is 4.83. The van der Waals surface area contributed by atoms with E-state index >= 15 is 0 Å². The molecule has 22 heavy (non-hydrogen) atoms. The van der Waals surface area contributed by atoms with Gasteiger partial charge in [0.1, 0.15) is 0 Å². The molecule has 0 saturated carbocycles. The Bertz CT molecular complexity index is 635. The van der Waals surface area contributed by atoms with E-state index in [-0.39, 0.29) is 5.91 Å². The van der Waals surface area contributed by atoms with E-state index in [4.69, 9.17) is 11.6 Å². The molecular formula is C16H18ClN3OS. The number of amides is 1. The van der Waals surface area contributed by atoms with Crippen molar-refractivity contribution >= 4 is 40.2 Å². The average Bonchev–Trinajstić information content (AvgIpc) is 2.94. The summed E-state index contributed by atoms with van der Waals surface area (Å²) in [6.45, 7) is 4.07. The van der Waals surface area contributed by atoms with Crippen molar-refractivity contribution in [2.45, 2.75) is 6.42 Å². The fourth-order valence-electron chi connectivity index (χ4n) is 2.49. The molecule has 4 nitrogen and oxygen atoms in total. The summed E-state index contributed by atoms with van der Waals surface area (Å²) < 4.78 is 0.711. The van der Waals surface area contributed by atoms with Crippen molar-refractivity contribution in [3.8, 4) is 0 Å². The summed E-state index contributed by atoms with van der Waals surface area (Å²) in [7, 11) is 0. The van der Waals surface area contributed by atoms with Gasteiger partial charge >= 0.3 is 0 Å². The molecule has 1 saturated heterocycles. The van der Waals surface area contributed by atoms with Gasteiger partial charge in [-0.05, 0) is 36.4 Å². The Morgan fingerprint density at radius 2 is 1.91 bits per heavy atom. The van der Waals surface area contributed by atoms with Gasteiger partial charge in [0.05, 0.1) is 10.8 Å². The van der Waals surface area contributed by atoms with Gasteiger partial charge in [0.2, 0.25) is 5.91 Å². The average molecular weight is 336 g/mol. The third-order valence-electron chi connectivity index (χ3n) is 3.60. The molecule has 2 heterocycles. The zero-order valence-electron chi connectivity index (χ0n) is 12.1. The van der Waals surface area contributed by atoms with E-state index in [9.17, 15) is 4.79 Å². The Morgan fingerprint density at radius 1 is 1.18 bits per heavy atom. The highest BCUT2D eigenvalue weighted by Gasteiger charge is 2.11. The van der Waals surface area contributed by atoms with Crippen molar-refractivity contribution < 1.29 is 4.79 Å². The summed E-state index contributed by atoms with van der Waals surface area (Å²) in [5.74, 6) is -0.0200. The molecule has 0 radical (unpaired) electrons. The van der Waals surface area contributed by atoms with E-state index < -0.39 is 0 Å². The number of hydrogen-bond acceptors (Lipinski definition) is 4. The van der Waals surface area contributed by atoms with Crippen molar-refractivity contribution in [1.29, 1.82) is 0 Å². The summed E-state index contributed by atoms with van der Waals surface area (Å²) in [6, 6.07) is 11.7. The smallest absolute Gasteiger partial charge is 0.229 e. The SMILES string of the molecule is O=C(Cc1ccc(Cl)s1)Nc1ccc(N2CCNCC2)cc1. The van der Waals surface area contributed by atoms with Crippen LogP contribution in [0.2, 0.25) is 4.34 Å². The molecule has 1 aromatic carbocycles. The van der Waals surface area contributed by atoms with E-state index in [2.05, 4.69) is 27.7 Å². The minimum absolute atomic E-state index is 0.0200. The van der Waals surface area contributed by atoms with Crippen LogP contribution in [0.3, 0.4) is 0 Å². The molecular weight excluding hydrogens is 318 g/mol. The van der Waals surface area contributed by atoms with Crippen LogP contribution in [-0.2, 0) is 11.2 Å². The van der Waals surface area contributed by atoms with Crippen LogP contribution in [-0.4, -0.2) is 32.1 Å². The first-order valence-electron chi connectivity index (χ1n) is 7.30. The van der Waals surface area contributed by atoms with Crippen molar-refractivity contribution in [2.24, 2.45) is 0 Å². The van der Waals surface area contributed by atoms with Crippen LogP contribution in [0.5, 0.6) is 0 Å². The number of piperazine rings is 1. The van der Waals surface area contributed by atoms with Crippen LogP contribution >= 0.6 is 22.9 Å². The van der Waals surface area contributed by atoms with Gasteiger partial charge in [-0.25, -0.2) is 0 Å². The van der Waals surface area contributed by atoms with Crippen LogP contribution in [0.25, 0.3) is 0 Å². The van der Waals surface area contributed by atoms with Gasteiger partial charge in [-0.3, -0.25) is 4.79 Å². The third kappa shape index (κ3) is 4.00. The number of anilines is 2. The van der Waals surface area contributed by atoms with Crippen LogP contribution in [0, 0.1) is 0 Å². The largest absolute Gasteiger partial charge is 0.369 e. The molecule has 116 valence electrons. The Hall–Kier alpha value is -1.56. The van der Waals surface area contributed by atoms with E-state index in [0.29, 0.717) is 10.8 Å². The lowest BCUT2D eigenvalue weighted by atomic mass is 10.2. The molecule has 2 N–H and O–H groups in total. The second-order valence-corrected chi connectivity index (χ2v) is 7.01. The Morgan fingerprint density at radius 3 is 2.55 bits per heavy atom. The van der Waals surface area contributed by atoms with Crippen molar-refractivity contribution in [1.82, 2.24) is 5.32 Å². The second kappa shape index (κ2) is 7.13. The van der Waals surface area contributed by atoms with Gasteiger partial charge in [-0.1, -0.05) is 11.6 Å². The molecule has 0 aliphatic carbocycles. The molecule has 3 rings (SSSR count). The molecule has 1 aromatic heterocycles. The Balaban J connectivity index is 1.57. The predicted molar refractivity (Wildman–Crippen MR) is 93.2 cm³/mol. The van der Waals surface area contributed by atoms with Gasteiger partial charge in [0, 0.05) is 42.4 Å². The van der Waals surface area contributed by atoms with Gasteiger partial charge in [0.25, 0.3) is 0 Å². The zero-order chi connectivity index (χ0) is 15.4. The molecule has 0 bridgehead atoms. The minimum Gasteiger partial charge on any atom is -0.369 e. The fraction of sp³-hybridized carbons (Fsp3) is 0.312. The molecule has 0 unspecified atom stereocenters. The minimum atomic E-state index is -0.0200. The first kappa shape index (κ1) is 15.3. The quantitative estimate of drug-likeness (QED) is 0.902. The topological polar surface area (TPSA) is 44.4 Å². The predicted octanol–water partition coefficient (Wildman–Crippen LogP) is 2.99. The number of rotatable bonds is 4. The van der Waals surface area contributed by atoms with E-state index in [1.54, 1.807) is 0 Å². The van der Waals surface area contributed by atoms with Crippen molar-refractivity contribution in [2.75, 3.05) is 36.4 Å². The first-order valence-corrected chi connectivity index (χ1v) is 8.50. The Labute approximate surface area is 139 Å². The maximum absolute atomic E-state index is 12.0. The monoisotopic (exact) mass is 335 g/mol. The van der Waals surface area contributed by atoms with Gasteiger partial charge in [-0.2, -0.15) is 0 Å².